The number of nitrogens with two attached hydrogens (primary N) is 1. The fraction of sp³-hybridized carbons (Fsp3) is 1.00. The van der Waals surface area contributed by atoms with E-state index >= 15 is 0 Å². The molecule has 1 saturated carbocycles. The molecule has 1 aliphatic carbocycles. The van der Waals surface area contributed by atoms with Crippen molar-refractivity contribution in [2.24, 2.45) is 17.1 Å². The molecule has 2 rings (SSSR count). The van der Waals surface area contributed by atoms with Gasteiger partial charge in [0, 0.05) is 24.3 Å². The third-order valence-corrected chi connectivity index (χ3v) is 4.56. The number of ether oxygens (including phenoxy) is 1. The average Bonchev–Trinajstić information content (AvgIpc) is 2.99. The molecule has 2 nitrogen and oxygen atoms in total. The van der Waals surface area contributed by atoms with Crippen LogP contribution in [0, 0.1) is 11.3 Å². The predicted octanol–water partition coefficient (Wildman–Crippen LogP) is 2.77. The van der Waals surface area contributed by atoms with Crippen LogP contribution in [-0.4, -0.2) is 30.5 Å². The van der Waals surface area contributed by atoms with Gasteiger partial charge in [0.05, 0.1) is 6.10 Å². The third kappa shape index (κ3) is 3.29. The van der Waals surface area contributed by atoms with Gasteiger partial charge in [0.15, 0.2) is 0 Å². The maximum absolute atomic E-state index is 12.1. The fourth-order valence-corrected chi connectivity index (χ4v) is 3.44. The maximum Gasteiger partial charge on any atom is 0.441 e. The van der Waals surface area contributed by atoms with Gasteiger partial charge in [-0.1, -0.05) is 11.8 Å². The first kappa shape index (κ1) is 13.5. The van der Waals surface area contributed by atoms with Crippen molar-refractivity contribution in [3.05, 3.63) is 0 Å². The Morgan fingerprint density at radius 2 is 2.06 bits per heavy atom. The van der Waals surface area contributed by atoms with Crippen LogP contribution < -0.4 is 5.73 Å². The molecule has 2 atom stereocenters. The van der Waals surface area contributed by atoms with E-state index in [4.69, 9.17) is 10.5 Å². The monoisotopic (exact) mass is 269 g/mol. The zero-order chi connectivity index (χ0) is 12.5. The Bertz CT molecular complexity index is 270. The Morgan fingerprint density at radius 1 is 1.35 bits per heavy atom. The van der Waals surface area contributed by atoms with Gasteiger partial charge in [-0.05, 0) is 31.6 Å². The molecule has 2 fully saturated rings. The van der Waals surface area contributed by atoms with Gasteiger partial charge < -0.3 is 10.5 Å². The average molecular weight is 269 g/mol. The van der Waals surface area contributed by atoms with E-state index in [0.29, 0.717) is 25.5 Å². The normalized spacial score (nSPS) is 34.2. The summed E-state index contributed by atoms with van der Waals surface area (Å²) < 4.78 is 42.1. The van der Waals surface area contributed by atoms with Crippen molar-refractivity contribution in [3.8, 4) is 0 Å². The lowest BCUT2D eigenvalue weighted by Crippen LogP contribution is -2.40. The highest BCUT2D eigenvalue weighted by atomic mass is 32.2. The molecule has 2 unspecified atom stereocenters. The standard InChI is InChI=1S/C11H18F3NOS/c12-11(13,14)17-6-4-10(7-15)3-5-16-9(10)8-1-2-8/h8-9H,1-7,15H2. The first-order chi connectivity index (χ1) is 7.97. The van der Waals surface area contributed by atoms with E-state index in [-0.39, 0.29) is 29.0 Å². The van der Waals surface area contributed by atoms with Crippen molar-refractivity contribution in [2.75, 3.05) is 18.9 Å². The minimum absolute atomic E-state index is 0.0574. The van der Waals surface area contributed by atoms with Crippen LogP contribution in [0.2, 0.25) is 0 Å². The molecule has 1 heterocycles. The van der Waals surface area contributed by atoms with Crippen LogP contribution in [0.15, 0.2) is 0 Å². The molecule has 0 aromatic heterocycles. The Morgan fingerprint density at radius 3 is 2.59 bits per heavy atom. The summed E-state index contributed by atoms with van der Waals surface area (Å²) in [6.07, 6.45) is 3.69. The number of hydrogen-bond acceptors (Lipinski definition) is 3. The highest BCUT2D eigenvalue weighted by Crippen LogP contribution is 2.50. The van der Waals surface area contributed by atoms with Crippen LogP contribution in [0.5, 0.6) is 0 Å². The smallest absolute Gasteiger partial charge is 0.377 e. The summed E-state index contributed by atoms with van der Waals surface area (Å²) in [7, 11) is 0. The van der Waals surface area contributed by atoms with Crippen LogP contribution in [0.3, 0.4) is 0 Å². The van der Waals surface area contributed by atoms with Gasteiger partial charge in [0.25, 0.3) is 0 Å². The summed E-state index contributed by atoms with van der Waals surface area (Å²) in [6, 6.07) is 0. The second-order valence-corrected chi connectivity index (χ2v) is 6.15. The molecule has 0 aromatic carbocycles. The summed E-state index contributed by atoms with van der Waals surface area (Å²) in [5.41, 5.74) is 1.46. The first-order valence-corrected chi connectivity index (χ1v) is 6.98. The Balaban J connectivity index is 1.89. The zero-order valence-electron chi connectivity index (χ0n) is 9.63. The lowest BCUT2D eigenvalue weighted by molar-refractivity contribution is -0.0331. The molecule has 2 N–H and O–H groups in total. The number of thioether (sulfide) groups is 1. The molecule has 0 aromatic rings. The summed E-state index contributed by atoms with van der Waals surface area (Å²) >= 11 is 0.0574. The fourth-order valence-electron chi connectivity index (χ4n) is 2.70. The van der Waals surface area contributed by atoms with Crippen molar-refractivity contribution in [2.45, 2.75) is 37.3 Å². The number of rotatable bonds is 5. The van der Waals surface area contributed by atoms with E-state index in [1.807, 2.05) is 0 Å². The largest absolute Gasteiger partial charge is 0.441 e. The van der Waals surface area contributed by atoms with Gasteiger partial charge >= 0.3 is 5.51 Å². The van der Waals surface area contributed by atoms with E-state index in [1.54, 1.807) is 0 Å². The van der Waals surface area contributed by atoms with Crippen molar-refractivity contribution >= 4 is 11.8 Å². The SMILES string of the molecule is NCC1(CCSC(F)(F)F)CCOC1C1CC1. The van der Waals surface area contributed by atoms with Crippen LogP contribution in [0.25, 0.3) is 0 Å². The molecule has 0 amide bonds. The Hall–Kier alpha value is 0.0600. The van der Waals surface area contributed by atoms with E-state index in [2.05, 4.69) is 0 Å². The molecule has 17 heavy (non-hydrogen) atoms. The Labute approximate surface area is 103 Å². The van der Waals surface area contributed by atoms with Crippen LogP contribution in [-0.2, 0) is 4.74 Å². The molecular weight excluding hydrogens is 251 g/mol. The van der Waals surface area contributed by atoms with Gasteiger partial charge in [-0.15, -0.1) is 0 Å². The minimum Gasteiger partial charge on any atom is -0.377 e. The van der Waals surface area contributed by atoms with Gasteiger partial charge in [-0.3, -0.25) is 0 Å². The summed E-state index contributed by atoms with van der Waals surface area (Å²) in [5, 5.41) is 0. The van der Waals surface area contributed by atoms with Gasteiger partial charge in [-0.25, -0.2) is 0 Å². The third-order valence-electron chi connectivity index (χ3n) is 3.82. The lowest BCUT2D eigenvalue weighted by atomic mass is 9.76. The molecule has 2 aliphatic rings. The lowest BCUT2D eigenvalue weighted by Gasteiger charge is -2.33. The zero-order valence-corrected chi connectivity index (χ0v) is 10.4. The van der Waals surface area contributed by atoms with E-state index in [9.17, 15) is 13.2 Å². The van der Waals surface area contributed by atoms with Crippen LogP contribution in [0.1, 0.15) is 25.7 Å². The minimum atomic E-state index is -4.13. The van der Waals surface area contributed by atoms with E-state index < -0.39 is 5.51 Å². The van der Waals surface area contributed by atoms with Gasteiger partial charge in [0.2, 0.25) is 0 Å². The quantitative estimate of drug-likeness (QED) is 0.833. The summed E-state index contributed by atoms with van der Waals surface area (Å²) in [4.78, 5) is 0. The van der Waals surface area contributed by atoms with Gasteiger partial charge in [0.1, 0.15) is 0 Å². The van der Waals surface area contributed by atoms with Gasteiger partial charge in [-0.2, -0.15) is 13.2 Å². The molecule has 100 valence electrons. The number of alkyl halides is 3. The molecule has 1 saturated heterocycles. The molecule has 6 heteroatoms. The Kier molecular flexibility index (Phi) is 3.95. The van der Waals surface area contributed by atoms with Crippen molar-refractivity contribution in [1.29, 1.82) is 0 Å². The van der Waals surface area contributed by atoms with E-state index in [1.165, 1.54) is 0 Å². The second kappa shape index (κ2) is 4.97. The maximum atomic E-state index is 12.1. The molecule has 0 bridgehead atoms. The topological polar surface area (TPSA) is 35.2 Å². The van der Waals surface area contributed by atoms with Crippen molar-refractivity contribution < 1.29 is 17.9 Å². The number of hydrogen-bond donors (Lipinski definition) is 1. The number of halogens is 3. The predicted molar refractivity (Wildman–Crippen MR) is 61.7 cm³/mol. The highest BCUT2D eigenvalue weighted by molar-refractivity contribution is 8.00. The highest BCUT2D eigenvalue weighted by Gasteiger charge is 2.50. The molecular formula is C11H18F3NOS. The second-order valence-electron chi connectivity index (χ2n) is 4.99. The van der Waals surface area contributed by atoms with Crippen LogP contribution in [0.4, 0.5) is 13.2 Å². The van der Waals surface area contributed by atoms with Crippen molar-refractivity contribution in [3.63, 3.8) is 0 Å². The molecule has 0 spiro atoms. The summed E-state index contributed by atoms with van der Waals surface area (Å²) in [6.45, 7) is 1.08. The molecule has 1 aliphatic heterocycles. The van der Waals surface area contributed by atoms with Crippen molar-refractivity contribution in [1.82, 2.24) is 0 Å². The molecule has 0 radical (unpaired) electrons. The van der Waals surface area contributed by atoms with E-state index in [0.717, 1.165) is 19.3 Å². The van der Waals surface area contributed by atoms with Crippen LogP contribution >= 0.6 is 11.8 Å². The first-order valence-electron chi connectivity index (χ1n) is 5.99. The summed E-state index contributed by atoms with van der Waals surface area (Å²) in [5.74, 6) is 0.629.